The first-order valence-electron chi connectivity index (χ1n) is 11.6. The molecule has 7 heteroatoms. The molecule has 2 saturated heterocycles. The van der Waals surface area contributed by atoms with Crippen LogP contribution in [0.25, 0.3) is 12.2 Å². The van der Waals surface area contributed by atoms with Gasteiger partial charge in [-0.25, -0.2) is 0 Å². The first-order chi connectivity index (χ1) is 17.0. The molecule has 35 heavy (non-hydrogen) atoms. The number of carboxylic acids is 1. The summed E-state index contributed by atoms with van der Waals surface area (Å²) in [6.07, 6.45) is 6.10. The number of hydrogen-bond donors (Lipinski definition) is 2. The molecule has 0 aliphatic carbocycles. The second-order valence-corrected chi connectivity index (χ2v) is 8.82. The number of pyridine rings is 1. The summed E-state index contributed by atoms with van der Waals surface area (Å²) in [7, 11) is 0. The van der Waals surface area contributed by atoms with Gasteiger partial charge < -0.3 is 5.11 Å². The highest BCUT2D eigenvalue weighted by molar-refractivity contribution is 6.08. The van der Waals surface area contributed by atoms with E-state index in [1.807, 2.05) is 78.9 Å². The lowest BCUT2D eigenvalue weighted by atomic mass is 9.86. The molecule has 5 rings (SSSR count). The summed E-state index contributed by atoms with van der Waals surface area (Å²) < 4.78 is 0. The van der Waals surface area contributed by atoms with Crippen LogP contribution in [-0.4, -0.2) is 45.4 Å². The first kappa shape index (κ1) is 22.7. The second kappa shape index (κ2) is 9.64. The maximum Gasteiger partial charge on any atom is 0.321 e. The lowest BCUT2D eigenvalue weighted by Crippen LogP contribution is -2.43. The van der Waals surface area contributed by atoms with Gasteiger partial charge >= 0.3 is 5.97 Å². The number of likely N-dealkylation sites (tertiary alicyclic amines) is 1. The van der Waals surface area contributed by atoms with Crippen LogP contribution in [0.5, 0.6) is 0 Å². The Hall–Kier alpha value is -4.10. The van der Waals surface area contributed by atoms with Crippen molar-refractivity contribution in [2.75, 3.05) is 6.54 Å². The van der Waals surface area contributed by atoms with E-state index in [0.29, 0.717) is 6.42 Å². The van der Waals surface area contributed by atoms with Gasteiger partial charge in [-0.3, -0.25) is 29.6 Å². The molecule has 1 aromatic heterocycles. The van der Waals surface area contributed by atoms with E-state index in [-0.39, 0.29) is 12.5 Å². The van der Waals surface area contributed by atoms with Gasteiger partial charge in [0.25, 0.3) is 0 Å². The molecular weight excluding hydrogens is 442 g/mol. The Morgan fingerprint density at radius 1 is 0.886 bits per heavy atom. The number of nitrogens with one attached hydrogen (secondary N) is 1. The molecule has 3 heterocycles. The average molecular weight is 468 g/mol. The molecule has 2 aliphatic heterocycles. The van der Waals surface area contributed by atoms with Crippen molar-refractivity contribution in [2.24, 2.45) is 11.8 Å². The van der Waals surface area contributed by atoms with E-state index >= 15 is 0 Å². The largest absolute Gasteiger partial charge is 0.480 e. The highest BCUT2D eigenvalue weighted by Crippen LogP contribution is 2.44. The van der Waals surface area contributed by atoms with Crippen molar-refractivity contribution < 1.29 is 19.5 Å². The molecular formula is C28H25N3O4. The minimum absolute atomic E-state index is 0.184. The van der Waals surface area contributed by atoms with E-state index in [9.17, 15) is 19.5 Å². The molecule has 0 spiro atoms. The monoisotopic (exact) mass is 467 g/mol. The predicted octanol–water partition coefficient (Wildman–Crippen LogP) is 3.19. The molecule has 0 radical (unpaired) electrons. The van der Waals surface area contributed by atoms with Gasteiger partial charge in [0.15, 0.2) is 0 Å². The number of imide groups is 1. The molecule has 2 aromatic carbocycles. The topological polar surface area (TPSA) is 99.6 Å². The predicted molar refractivity (Wildman–Crippen MR) is 131 cm³/mol. The number of amides is 2. The number of carboxylic acid groups (broad SMARTS) is 1. The van der Waals surface area contributed by atoms with Gasteiger partial charge in [0.05, 0.1) is 11.8 Å². The number of rotatable bonds is 7. The molecule has 3 aromatic rings. The van der Waals surface area contributed by atoms with E-state index in [1.54, 1.807) is 12.3 Å². The average Bonchev–Trinajstić information content (AvgIpc) is 3.40. The minimum Gasteiger partial charge on any atom is -0.480 e. The third kappa shape index (κ3) is 4.50. The molecule has 4 unspecified atom stereocenters. The van der Waals surface area contributed by atoms with Gasteiger partial charge in [0.1, 0.15) is 6.04 Å². The first-order valence-corrected chi connectivity index (χ1v) is 11.6. The minimum atomic E-state index is -1.13. The zero-order valence-corrected chi connectivity index (χ0v) is 19.0. The Kier molecular flexibility index (Phi) is 6.25. The van der Waals surface area contributed by atoms with Crippen molar-refractivity contribution in [2.45, 2.75) is 18.5 Å². The van der Waals surface area contributed by atoms with Crippen molar-refractivity contribution in [1.29, 1.82) is 0 Å². The Morgan fingerprint density at radius 3 is 2.20 bits per heavy atom. The fourth-order valence-corrected chi connectivity index (χ4v) is 4.97. The lowest BCUT2D eigenvalue weighted by Gasteiger charge is -2.21. The number of benzene rings is 2. The fraction of sp³-hybridized carbons (Fsp3) is 0.214. The molecule has 2 N–H and O–H groups in total. The zero-order valence-electron chi connectivity index (χ0n) is 19.0. The van der Waals surface area contributed by atoms with Crippen LogP contribution in [0.4, 0.5) is 0 Å². The maximum atomic E-state index is 13.3. The number of aliphatic carboxylic acids is 1. The van der Waals surface area contributed by atoms with Crippen LogP contribution in [0.3, 0.4) is 0 Å². The van der Waals surface area contributed by atoms with E-state index in [2.05, 4.69) is 10.3 Å². The third-order valence-corrected chi connectivity index (χ3v) is 6.71. The summed E-state index contributed by atoms with van der Waals surface area (Å²) in [5.74, 6) is -3.56. The second-order valence-electron chi connectivity index (χ2n) is 8.82. The van der Waals surface area contributed by atoms with Crippen LogP contribution >= 0.6 is 0 Å². The van der Waals surface area contributed by atoms with Crippen LogP contribution in [0, 0.1) is 11.8 Å². The van der Waals surface area contributed by atoms with Crippen molar-refractivity contribution >= 4 is 29.9 Å². The maximum absolute atomic E-state index is 13.3. The Bertz CT molecular complexity index is 1260. The Morgan fingerprint density at radius 2 is 1.54 bits per heavy atom. The van der Waals surface area contributed by atoms with Gasteiger partial charge in [-0.05, 0) is 28.8 Å². The highest BCUT2D eigenvalue weighted by Gasteiger charge is 2.60. The number of carbonyl (C=O) groups excluding carboxylic acids is 2. The standard InChI is InChI=1S/C28H25N3O4/c32-26-22-23(27(33)31(26)17-15-21-8-4-5-16-29-21)25(28(34)35)30-24(22)20-13-11-19(12-14-20)10-9-18-6-2-1-3-7-18/h1-14,16,22-25,30H,15,17H2,(H,34,35). The molecule has 2 aliphatic rings. The van der Waals surface area contributed by atoms with Gasteiger partial charge in [-0.15, -0.1) is 0 Å². The fourth-order valence-electron chi connectivity index (χ4n) is 4.97. The zero-order chi connectivity index (χ0) is 24.4. The Labute approximate surface area is 203 Å². The molecule has 7 nitrogen and oxygen atoms in total. The van der Waals surface area contributed by atoms with Crippen molar-refractivity contribution in [3.63, 3.8) is 0 Å². The van der Waals surface area contributed by atoms with Crippen LogP contribution in [0.1, 0.15) is 28.4 Å². The lowest BCUT2D eigenvalue weighted by molar-refractivity contribution is -0.146. The van der Waals surface area contributed by atoms with E-state index < -0.39 is 35.8 Å². The van der Waals surface area contributed by atoms with Gasteiger partial charge in [-0.2, -0.15) is 0 Å². The van der Waals surface area contributed by atoms with Gasteiger partial charge in [0, 0.05) is 30.9 Å². The summed E-state index contributed by atoms with van der Waals surface area (Å²) in [4.78, 5) is 43.9. The number of hydrogen-bond acceptors (Lipinski definition) is 5. The number of fused-ring (bicyclic) bond motifs is 1. The molecule has 4 atom stereocenters. The molecule has 2 fully saturated rings. The highest BCUT2D eigenvalue weighted by atomic mass is 16.4. The van der Waals surface area contributed by atoms with Crippen LogP contribution in [0.2, 0.25) is 0 Å². The molecule has 2 amide bonds. The number of aromatic nitrogens is 1. The SMILES string of the molecule is O=C(O)C1NC(c2ccc(C=Cc3ccccc3)cc2)C2C(=O)N(CCc3ccccn3)C(=O)C12. The Balaban J connectivity index is 1.36. The number of carbonyl (C=O) groups is 3. The normalized spacial score (nSPS) is 23.7. The van der Waals surface area contributed by atoms with Gasteiger partial charge in [-0.1, -0.05) is 72.8 Å². The van der Waals surface area contributed by atoms with Crippen LogP contribution in [0.15, 0.2) is 79.0 Å². The molecule has 0 bridgehead atoms. The van der Waals surface area contributed by atoms with E-state index in [4.69, 9.17) is 0 Å². The van der Waals surface area contributed by atoms with E-state index in [1.165, 1.54) is 4.90 Å². The van der Waals surface area contributed by atoms with Crippen molar-refractivity contribution in [3.05, 3.63) is 101 Å². The van der Waals surface area contributed by atoms with Crippen molar-refractivity contribution in [3.8, 4) is 0 Å². The third-order valence-electron chi connectivity index (χ3n) is 6.71. The van der Waals surface area contributed by atoms with Crippen LogP contribution < -0.4 is 5.32 Å². The number of nitrogens with zero attached hydrogens (tertiary/aromatic N) is 2. The summed E-state index contributed by atoms with van der Waals surface area (Å²) in [5, 5.41) is 12.8. The smallest absolute Gasteiger partial charge is 0.321 e. The quantitative estimate of drug-likeness (QED) is 0.409. The summed E-state index contributed by atoms with van der Waals surface area (Å²) >= 11 is 0. The van der Waals surface area contributed by atoms with Crippen molar-refractivity contribution in [1.82, 2.24) is 15.2 Å². The molecule has 0 saturated carbocycles. The van der Waals surface area contributed by atoms with E-state index in [0.717, 1.165) is 22.4 Å². The van der Waals surface area contributed by atoms with Gasteiger partial charge in [0.2, 0.25) is 11.8 Å². The molecule has 176 valence electrons. The summed E-state index contributed by atoms with van der Waals surface area (Å²) in [6, 6.07) is 21.4. The summed E-state index contributed by atoms with van der Waals surface area (Å²) in [6.45, 7) is 0.184. The van der Waals surface area contributed by atoms with Crippen LogP contribution in [-0.2, 0) is 20.8 Å². The summed E-state index contributed by atoms with van der Waals surface area (Å²) in [5.41, 5.74) is 3.62.